The average molecular weight is 469 g/mol. The van der Waals surface area contributed by atoms with Gasteiger partial charge < -0.3 is 15.0 Å². The first kappa shape index (κ1) is 25.9. The Bertz CT molecular complexity index is 990. The minimum absolute atomic E-state index is 0.0466. The fraction of sp³-hybridized carbons (Fsp3) is 0.500. The first-order valence-corrected chi connectivity index (χ1v) is 12.1. The second-order valence-electron chi connectivity index (χ2n) is 10.2. The van der Waals surface area contributed by atoms with Crippen LogP contribution >= 0.6 is 0 Å². The number of carbonyl (C=O) groups excluding carboxylic acids is 2. The van der Waals surface area contributed by atoms with Gasteiger partial charge in [-0.15, -0.1) is 0 Å². The normalized spacial score (nSPS) is 18.4. The maximum absolute atomic E-state index is 13.3. The smallest absolute Gasteiger partial charge is 0.338 e. The van der Waals surface area contributed by atoms with E-state index in [1.807, 2.05) is 44.9 Å². The molecule has 1 N–H and O–H groups in total. The van der Waals surface area contributed by atoms with Crippen molar-refractivity contribution < 1.29 is 18.7 Å². The van der Waals surface area contributed by atoms with Crippen LogP contribution in [0.15, 0.2) is 42.5 Å². The van der Waals surface area contributed by atoms with Gasteiger partial charge in [-0.1, -0.05) is 18.2 Å². The molecule has 0 spiro atoms. The zero-order valence-corrected chi connectivity index (χ0v) is 21.0. The molecule has 0 atom stereocenters. The molecule has 0 saturated heterocycles. The minimum Gasteiger partial charge on any atom is -0.456 e. The molecule has 0 aliphatic heterocycles. The number of rotatable bonds is 7. The Morgan fingerprint density at radius 3 is 2.26 bits per heavy atom. The molecular formula is C28H37FN2O3. The molecule has 184 valence electrons. The Morgan fingerprint density at radius 2 is 1.71 bits per heavy atom. The molecule has 1 amide bonds. The van der Waals surface area contributed by atoms with Crippen molar-refractivity contribution in [1.29, 1.82) is 0 Å². The van der Waals surface area contributed by atoms with E-state index >= 15 is 0 Å². The van der Waals surface area contributed by atoms with Crippen molar-refractivity contribution >= 4 is 11.9 Å². The number of amides is 1. The molecule has 5 nitrogen and oxygen atoms in total. The lowest BCUT2D eigenvalue weighted by molar-refractivity contribution is -0.132. The molecule has 3 rings (SSSR count). The highest BCUT2D eigenvalue weighted by molar-refractivity contribution is 5.90. The Labute approximate surface area is 202 Å². The maximum Gasteiger partial charge on any atom is 0.338 e. The van der Waals surface area contributed by atoms with E-state index in [1.54, 1.807) is 19.1 Å². The Kier molecular flexibility index (Phi) is 8.47. The highest BCUT2D eigenvalue weighted by atomic mass is 19.1. The van der Waals surface area contributed by atoms with E-state index in [-0.39, 0.29) is 23.7 Å². The molecule has 1 aliphatic rings. The summed E-state index contributed by atoms with van der Waals surface area (Å²) in [4.78, 5) is 26.9. The van der Waals surface area contributed by atoms with E-state index in [1.165, 1.54) is 17.7 Å². The standard InChI is InChI=1S/C28H37FN2O3/c1-19(32)31(18-20-6-11-24(29)12-7-20)25-13-8-21(9-14-25)26-15-10-22(16-23(26)17-30-5)27(33)34-28(2,3)4/h6-7,10-12,15-16,21,25,30H,8-9,13-14,17-18H2,1-5H3. The molecule has 0 radical (unpaired) electrons. The van der Waals surface area contributed by atoms with Gasteiger partial charge in [0.1, 0.15) is 11.4 Å². The van der Waals surface area contributed by atoms with Crippen LogP contribution in [0.1, 0.15) is 86.3 Å². The first-order chi connectivity index (χ1) is 16.1. The van der Waals surface area contributed by atoms with Crippen LogP contribution in [0, 0.1) is 5.82 Å². The summed E-state index contributed by atoms with van der Waals surface area (Å²) in [5.74, 6) is -0.149. The highest BCUT2D eigenvalue weighted by Crippen LogP contribution is 2.37. The van der Waals surface area contributed by atoms with Crippen LogP contribution in [-0.2, 0) is 22.6 Å². The summed E-state index contributed by atoms with van der Waals surface area (Å²) in [6.45, 7) is 8.39. The van der Waals surface area contributed by atoms with Crippen LogP contribution in [0.3, 0.4) is 0 Å². The number of halogens is 1. The van der Waals surface area contributed by atoms with Gasteiger partial charge >= 0.3 is 5.97 Å². The molecule has 1 saturated carbocycles. The van der Waals surface area contributed by atoms with Crippen LogP contribution in [0.25, 0.3) is 0 Å². The van der Waals surface area contributed by atoms with Crippen molar-refractivity contribution in [2.24, 2.45) is 0 Å². The molecule has 34 heavy (non-hydrogen) atoms. The number of benzene rings is 2. The van der Waals surface area contributed by atoms with Crippen LogP contribution in [0.5, 0.6) is 0 Å². The third kappa shape index (κ3) is 6.89. The van der Waals surface area contributed by atoms with Gasteiger partial charge in [-0.3, -0.25) is 4.79 Å². The van der Waals surface area contributed by atoms with Gasteiger partial charge in [0, 0.05) is 26.1 Å². The topological polar surface area (TPSA) is 58.6 Å². The molecule has 0 bridgehead atoms. The van der Waals surface area contributed by atoms with E-state index in [0.29, 0.717) is 24.6 Å². The first-order valence-electron chi connectivity index (χ1n) is 12.1. The number of carbonyl (C=O) groups is 2. The summed E-state index contributed by atoms with van der Waals surface area (Å²) in [6.07, 6.45) is 3.78. The van der Waals surface area contributed by atoms with Gasteiger partial charge in [0.05, 0.1) is 5.56 Å². The minimum atomic E-state index is -0.534. The molecular weight excluding hydrogens is 431 g/mol. The molecule has 0 heterocycles. The van der Waals surface area contributed by atoms with E-state index < -0.39 is 5.60 Å². The predicted octanol–water partition coefficient (Wildman–Crippen LogP) is 5.58. The third-order valence-electron chi connectivity index (χ3n) is 6.39. The van der Waals surface area contributed by atoms with Gasteiger partial charge in [0.25, 0.3) is 0 Å². The number of ether oxygens (including phenoxy) is 1. The molecule has 0 aromatic heterocycles. The summed E-state index contributed by atoms with van der Waals surface area (Å²) in [5, 5.41) is 3.22. The average Bonchev–Trinajstić information content (AvgIpc) is 2.78. The fourth-order valence-electron chi connectivity index (χ4n) is 4.79. The molecule has 1 fully saturated rings. The zero-order chi connectivity index (χ0) is 24.9. The van der Waals surface area contributed by atoms with E-state index in [4.69, 9.17) is 4.74 Å². The van der Waals surface area contributed by atoms with Gasteiger partial charge in [-0.25, -0.2) is 9.18 Å². The largest absolute Gasteiger partial charge is 0.456 e. The van der Waals surface area contributed by atoms with Crippen molar-refractivity contribution in [2.45, 2.75) is 84.0 Å². The molecule has 2 aromatic rings. The lowest BCUT2D eigenvalue weighted by Crippen LogP contribution is -2.40. The van der Waals surface area contributed by atoms with Crippen molar-refractivity contribution in [1.82, 2.24) is 10.2 Å². The Hall–Kier alpha value is -2.73. The number of nitrogens with zero attached hydrogens (tertiary/aromatic N) is 1. The summed E-state index contributed by atoms with van der Waals surface area (Å²) < 4.78 is 18.8. The quantitative estimate of drug-likeness (QED) is 0.540. The SMILES string of the molecule is CNCc1cc(C(=O)OC(C)(C)C)ccc1C1CCC(N(Cc2ccc(F)cc2)C(C)=O)CC1. The third-order valence-corrected chi connectivity index (χ3v) is 6.39. The second kappa shape index (κ2) is 11.1. The highest BCUT2D eigenvalue weighted by Gasteiger charge is 2.29. The molecule has 1 aliphatic carbocycles. The number of hydrogen-bond donors (Lipinski definition) is 1. The monoisotopic (exact) mass is 468 g/mol. The molecule has 0 unspecified atom stereocenters. The van der Waals surface area contributed by atoms with Gasteiger partial charge in [0.2, 0.25) is 5.91 Å². The van der Waals surface area contributed by atoms with E-state index in [9.17, 15) is 14.0 Å². The molecule has 2 aromatic carbocycles. The van der Waals surface area contributed by atoms with Gasteiger partial charge in [0.15, 0.2) is 0 Å². The van der Waals surface area contributed by atoms with Crippen molar-refractivity contribution in [3.63, 3.8) is 0 Å². The fourth-order valence-corrected chi connectivity index (χ4v) is 4.79. The summed E-state index contributed by atoms with van der Waals surface area (Å²) >= 11 is 0. The van der Waals surface area contributed by atoms with E-state index in [2.05, 4.69) is 11.4 Å². The van der Waals surface area contributed by atoms with E-state index in [0.717, 1.165) is 36.8 Å². The predicted molar refractivity (Wildman–Crippen MR) is 132 cm³/mol. The molecule has 6 heteroatoms. The second-order valence-corrected chi connectivity index (χ2v) is 10.2. The van der Waals surface area contributed by atoms with Gasteiger partial charge in [-0.05, 0) is 100 Å². The summed E-state index contributed by atoms with van der Waals surface area (Å²) in [7, 11) is 1.90. The lowest BCUT2D eigenvalue weighted by atomic mass is 9.79. The Balaban J connectivity index is 1.70. The van der Waals surface area contributed by atoms with Crippen molar-refractivity contribution in [3.8, 4) is 0 Å². The van der Waals surface area contributed by atoms with Crippen molar-refractivity contribution in [2.75, 3.05) is 7.05 Å². The van der Waals surface area contributed by atoms with Crippen LogP contribution in [0.2, 0.25) is 0 Å². The lowest BCUT2D eigenvalue weighted by Gasteiger charge is -2.37. The van der Waals surface area contributed by atoms with Gasteiger partial charge in [-0.2, -0.15) is 0 Å². The maximum atomic E-state index is 13.3. The number of hydrogen-bond acceptors (Lipinski definition) is 4. The number of nitrogens with one attached hydrogen (secondary N) is 1. The van der Waals surface area contributed by atoms with Crippen LogP contribution in [-0.4, -0.2) is 35.5 Å². The summed E-state index contributed by atoms with van der Waals surface area (Å²) in [6, 6.07) is 12.4. The van der Waals surface area contributed by atoms with Crippen LogP contribution in [0.4, 0.5) is 4.39 Å². The Morgan fingerprint density at radius 1 is 1.06 bits per heavy atom. The number of esters is 1. The van der Waals surface area contributed by atoms with Crippen molar-refractivity contribution in [3.05, 3.63) is 70.5 Å². The van der Waals surface area contributed by atoms with Crippen LogP contribution < -0.4 is 5.32 Å². The zero-order valence-electron chi connectivity index (χ0n) is 21.0. The summed E-state index contributed by atoms with van der Waals surface area (Å²) in [5.41, 5.74) is 3.35.